The molecule has 0 bridgehead atoms. The molecular weight excluding hydrogens is 220 g/mol. The summed E-state index contributed by atoms with van der Waals surface area (Å²) >= 11 is 0. The Morgan fingerprint density at radius 2 is 2.11 bits per heavy atom. The molecule has 1 aromatic heterocycles. The first-order valence-electron chi connectivity index (χ1n) is 6.57. The second kappa shape index (κ2) is 4.91. The van der Waals surface area contributed by atoms with Gasteiger partial charge in [0.2, 0.25) is 0 Å². The van der Waals surface area contributed by atoms with E-state index in [0.29, 0.717) is 0 Å². The molecule has 1 aromatic carbocycles. The SMILES string of the molecule is Cc1ccc(CNC2CC2)c(-c2ccccn2)c1. The minimum Gasteiger partial charge on any atom is -0.310 e. The highest BCUT2D eigenvalue weighted by Crippen LogP contribution is 2.25. The molecule has 2 aromatic rings. The van der Waals surface area contributed by atoms with Crippen LogP contribution in [0.3, 0.4) is 0 Å². The summed E-state index contributed by atoms with van der Waals surface area (Å²) < 4.78 is 0. The molecule has 0 aliphatic heterocycles. The van der Waals surface area contributed by atoms with Crippen LogP contribution in [0.5, 0.6) is 0 Å². The number of nitrogens with one attached hydrogen (secondary N) is 1. The van der Waals surface area contributed by atoms with Crippen molar-refractivity contribution in [3.8, 4) is 11.3 Å². The van der Waals surface area contributed by atoms with Crippen molar-refractivity contribution in [3.63, 3.8) is 0 Å². The van der Waals surface area contributed by atoms with Crippen LogP contribution in [-0.2, 0) is 6.54 Å². The summed E-state index contributed by atoms with van der Waals surface area (Å²) in [6.45, 7) is 3.07. The van der Waals surface area contributed by atoms with Crippen molar-refractivity contribution in [1.82, 2.24) is 10.3 Å². The van der Waals surface area contributed by atoms with Crippen molar-refractivity contribution in [2.45, 2.75) is 32.4 Å². The summed E-state index contributed by atoms with van der Waals surface area (Å²) in [5.74, 6) is 0. The summed E-state index contributed by atoms with van der Waals surface area (Å²) in [4.78, 5) is 4.47. The molecule has 2 nitrogen and oxygen atoms in total. The molecule has 0 saturated heterocycles. The van der Waals surface area contributed by atoms with Crippen LogP contribution in [0, 0.1) is 6.92 Å². The third-order valence-corrected chi connectivity index (χ3v) is 3.36. The predicted octanol–water partition coefficient (Wildman–Crippen LogP) is 3.31. The Morgan fingerprint density at radius 3 is 2.83 bits per heavy atom. The standard InChI is InChI=1S/C16H18N2/c1-12-5-6-13(11-18-14-7-8-14)15(10-12)16-4-2-3-9-17-16/h2-6,9-10,14,18H,7-8,11H2,1H3. The average molecular weight is 238 g/mol. The fraction of sp³-hybridized carbons (Fsp3) is 0.312. The van der Waals surface area contributed by atoms with Gasteiger partial charge >= 0.3 is 0 Å². The van der Waals surface area contributed by atoms with E-state index in [9.17, 15) is 0 Å². The molecule has 1 saturated carbocycles. The lowest BCUT2D eigenvalue weighted by Crippen LogP contribution is -2.16. The van der Waals surface area contributed by atoms with E-state index in [1.165, 1.54) is 29.5 Å². The van der Waals surface area contributed by atoms with Crippen LogP contribution in [0.1, 0.15) is 24.0 Å². The maximum Gasteiger partial charge on any atom is 0.0705 e. The van der Waals surface area contributed by atoms with Crippen molar-refractivity contribution in [1.29, 1.82) is 0 Å². The van der Waals surface area contributed by atoms with Gasteiger partial charge in [-0.3, -0.25) is 4.98 Å². The fourth-order valence-electron chi connectivity index (χ4n) is 2.15. The normalized spacial score (nSPS) is 14.7. The first-order chi connectivity index (χ1) is 8.83. The second-order valence-electron chi connectivity index (χ2n) is 5.03. The lowest BCUT2D eigenvalue weighted by atomic mass is 10.0. The zero-order chi connectivity index (χ0) is 12.4. The molecule has 3 rings (SSSR count). The largest absolute Gasteiger partial charge is 0.310 e. The minimum absolute atomic E-state index is 0.739. The van der Waals surface area contributed by atoms with Crippen LogP contribution in [0.2, 0.25) is 0 Å². The Hall–Kier alpha value is -1.67. The van der Waals surface area contributed by atoms with Gasteiger partial charge in [-0.2, -0.15) is 0 Å². The van der Waals surface area contributed by atoms with E-state index in [-0.39, 0.29) is 0 Å². The summed E-state index contributed by atoms with van der Waals surface area (Å²) in [7, 11) is 0. The molecule has 1 heterocycles. The lowest BCUT2D eigenvalue weighted by molar-refractivity contribution is 0.688. The van der Waals surface area contributed by atoms with Gasteiger partial charge in [0.1, 0.15) is 0 Å². The highest BCUT2D eigenvalue weighted by molar-refractivity contribution is 5.64. The molecule has 0 amide bonds. The summed E-state index contributed by atoms with van der Waals surface area (Å²) in [6.07, 6.45) is 4.51. The van der Waals surface area contributed by atoms with Crippen molar-refractivity contribution in [2.75, 3.05) is 0 Å². The Morgan fingerprint density at radius 1 is 1.22 bits per heavy atom. The van der Waals surface area contributed by atoms with Crippen molar-refractivity contribution < 1.29 is 0 Å². The van der Waals surface area contributed by atoms with Gasteiger partial charge in [0.25, 0.3) is 0 Å². The molecule has 0 radical (unpaired) electrons. The van der Waals surface area contributed by atoms with Gasteiger partial charge < -0.3 is 5.32 Å². The van der Waals surface area contributed by atoms with Crippen LogP contribution >= 0.6 is 0 Å². The lowest BCUT2D eigenvalue weighted by Gasteiger charge is -2.11. The molecule has 1 aliphatic carbocycles. The maximum atomic E-state index is 4.47. The topological polar surface area (TPSA) is 24.9 Å². The Balaban J connectivity index is 1.92. The zero-order valence-electron chi connectivity index (χ0n) is 10.7. The van der Waals surface area contributed by atoms with Crippen LogP contribution in [0.15, 0.2) is 42.6 Å². The van der Waals surface area contributed by atoms with E-state index in [2.05, 4.69) is 41.5 Å². The smallest absolute Gasteiger partial charge is 0.0705 e. The molecule has 0 atom stereocenters. The van der Waals surface area contributed by atoms with Crippen molar-refractivity contribution >= 4 is 0 Å². The quantitative estimate of drug-likeness (QED) is 0.884. The molecule has 92 valence electrons. The number of pyridine rings is 1. The molecule has 18 heavy (non-hydrogen) atoms. The second-order valence-corrected chi connectivity index (χ2v) is 5.03. The Bertz CT molecular complexity index is 530. The van der Waals surface area contributed by atoms with E-state index >= 15 is 0 Å². The Kier molecular flexibility index (Phi) is 3.11. The monoisotopic (exact) mass is 238 g/mol. The molecule has 2 heteroatoms. The van der Waals surface area contributed by atoms with Gasteiger partial charge in [-0.1, -0.05) is 23.8 Å². The third kappa shape index (κ3) is 2.59. The van der Waals surface area contributed by atoms with E-state index in [1.807, 2.05) is 18.3 Å². The molecular formula is C16H18N2. The summed E-state index contributed by atoms with van der Waals surface area (Å²) in [5, 5.41) is 3.57. The number of benzene rings is 1. The van der Waals surface area contributed by atoms with Crippen LogP contribution in [-0.4, -0.2) is 11.0 Å². The Labute approximate surface area is 108 Å². The van der Waals surface area contributed by atoms with Gasteiger partial charge in [0.15, 0.2) is 0 Å². The van der Waals surface area contributed by atoms with Gasteiger partial charge in [-0.15, -0.1) is 0 Å². The zero-order valence-corrected chi connectivity index (χ0v) is 10.7. The van der Waals surface area contributed by atoms with Gasteiger partial charge in [-0.25, -0.2) is 0 Å². The van der Waals surface area contributed by atoms with Crippen molar-refractivity contribution in [2.24, 2.45) is 0 Å². The average Bonchev–Trinajstić information content (AvgIpc) is 3.22. The third-order valence-electron chi connectivity index (χ3n) is 3.36. The number of rotatable bonds is 4. The maximum absolute atomic E-state index is 4.47. The van der Waals surface area contributed by atoms with Gasteiger partial charge in [-0.05, 0) is 43.5 Å². The minimum atomic E-state index is 0.739. The highest BCUT2D eigenvalue weighted by Gasteiger charge is 2.20. The predicted molar refractivity (Wildman–Crippen MR) is 74.3 cm³/mol. The fourth-order valence-corrected chi connectivity index (χ4v) is 2.15. The molecule has 0 spiro atoms. The molecule has 1 fully saturated rings. The number of hydrogen-bond donors (Lipinski definition) is 1. The van der Waals surface area contributed by atoms with Crippen molar-refractivity contribution in [3.05, 3.63) is 53.7 Å². The number of aryl methyl sites for hydroxylation is 1. The first kappa shape index (κ1) is 11.4. The van der Waals surface area contributed by atoms with E-state index in [0.717, 1.165) is 18.3 Å². The summed E-state index contributed by atoms with van der Waals surface area (Å²) in [6, 6.07) is 13.4. The van der Waals surface area contributed by atoms with Gasteiger partial charge in [0.05, 0.1) is 5.69 Å². The number of hydrogen-bond acceptors (Lipinski definition) is 2. The van der Waals surface area contributed by atoms with E-state index in [4.69, 9.17) is 0 Å². The van der Waals surface area contributed by atoms with E-state index < -0.39 is 0 Å². The van der Waals surface area contributed by atoms with Crippen LogP contribution in [0.4, 0.5) is 0 Å². The molecule has 1 N–H and O–H groups in total. The van der Waals surface area contributed by atoms with Gasteiger partial charge in [0, 0.05) is 24.3 Å². The van der Waals surface area contributed by atoms with E-state index in [1.54, 1.807) is 0 Å². The van der Waals surface area contributed by atoms with Crippen LogP contribution < -0.4 is 5.32 Å². The highest BCUT2D eigenvalue weighted by atomic mass is 14.9. The molecule has 0 unspecified atom stereocenters. The number of nitrogens with zero attached hydrogens (tertiary/aromatic N) is 1. The number of aromatic nitrogens is 1. The molecule has 1 aliphatic rings. The summed E-state index contributed by atoms with van der Waals surface area (Å²) in [5.41, 5.74) is 4.94. The first-order valence-corrected chi connectivity index (χ1v) is 6.57. The van der Waals surface area contributed by atoms with Crippen LogP contribution in [0.25, 0.3) is 11.3 Å².